The first-order valence-electron chi connectivity index (χ1n) is 6.21. The monoisotopic (exact) mass is 274 g/mol. The molecule has 1 aliphatic rings. The highest BCUT2D eigenvalue weighted by atomic mass is 16.5. The van der Waals surface area contributed by atoms with E-state index in [4.69, 9.17) is 10.5 Å². The van der Waals surface area contributed by atoms with Gasteiger partial charge in [0.15, 0.2) is 5.82 Å². The molecule has 8 heteroatoms. The normalized spacial score (nSPS) is 14.1. The topological polar surface area (TPSA) is 108 Å². The molecule has 1 saturated carbocycles. The molecule has 8 nitrogen and oxygen atoms in total. The number of anilines is 2. The Morgan fingerprint density at radius 1 is 1.45 bits per heavy atom. The number of nitrogens with one attached hydrogen (secondary N) is 1. The van der Waals surface area contributed by atoms with E-state index in [-0.39, 0.29) is 11.4 Å². The molecular formula is C12H14N6O2. The van der Waals surface area contributed by atoms with Gasteiger partial charge in [0.1, 0.15) is 11.4 Å². The van der Waals surface area contributed by atoms with E-state index in [1.165, 1.54) is 11.8 Å². The van der Waals surface area contributed by atoms with Gasteiger partial charge in [-0.15, -0.1) is 5.10 Å². The number of esters is 1. The van der Waals surface area contributed by atoms with Gasteiger partial charge in [0.05, 0.1) is 7.11 Å². The van der Waals surface area contributed by atoms with E-state index in [0.717, 1.165) is 12.8 Å². The van der Waals surface area contributed by atoms with Crippen LogP contribution in [0, 0.1) is 0 Å². The van der Waals surface area contributed by atoms with E-state index < -0.39 is 5.97 Å². The van der Waals surface area contributed by atoms with Gasteiger partial charge in [0, 0.05) is 18.4 Å². The number of aromatic nitrogens is 4. The second kappa shape index (κ2) is 4.80. The lowest BCUT2D eigenvalue weighted by molar-refractivity contribution is 0.0603. The van der Waals surface area contributed by atoms with Gasteiger partial charge in [-0.2, -0.15) is 4.68 Å². The SMILES string of the molecule is COC(=O)c1c(NC2CC2)nn(-c2ncccn2)c1N. The van der Waals surface area contributed by atoms with Crippen molar-refractivity contribution in [2.24, 2.45) is 0 Å². The molecule has 0 radical (unpaired) electrons. The summed E-state index contributed by atoms with van der Waals surface area (Å²) in [4.78, 5) is 20.0. The molecule has 0 aromatic carbocycles. The van der Waals surface area contributed by atoms with Crippen LogP contribution in [0.1, 0.15) is 23.2 Å². The van der Waals surface area contributed by atoms with Crippen molar-refractivity contribution in [3.63, 3.8) is 0 Å². The highest BCUT2D eigenvalue weighted by Crippen LogP contribution is 2.30. The molecular weight excluding hydrogens is 260 g/mol. The average molecular weight is 274 g/mol. The minimum Gasteiger partial charge on any atom is -0.465 e. The number of nitrogens with zero attached hydrogens (tertiary/aromatic N) is 4. The maximum absolute atomic E-state index is 11.9. The van der Waals surface area contributed by atoms with Crippen molar-refractivity contribution in [3.05, 3.63) is 24.0 Å². The summed E-state index contributed by atoms with van der Waals surface area (Å²) in [6.45, 7) is 0. The van der Waals surface area contributed by atoms with Crippen molar-refractivity contribution in [1.29, 1.82) is 0 Å². The molecule has 2 aromatic rings. The van der Waals surface area contributed by atoms with Crippen molar-refractivity contribution in [2.75, 3.05) is 18.2 Å². The van der Waals surface area contributed by atoms with Gasteiger partial charge in [-0.05, 0) is 18.9 Å². The number of hydrogen-bond acceptors (Lipinski definition) is 7. The summed E-state index contributed by atoms with van der Waals surface area (Å²) < 4.78 is 6.09. The third-order valence-corrected chi connectivity index (χ3v) is 2.97. The summed E-state index contributed by atoms with van der Waals surface area (Å²) in [6, 6.07) is 2.02. The van der Waals surface area contributed by atoms with Crippen LogP contribution in [0.3, 0.4) is 0 Å². The van der Waals surface area contributed by atoms with Crippen LogP contribution in [-0.2, 0) is 4.74 Å². The highest BCUT2D eigenvalue weighted by molar-refractivity contribution is 5.99. The zero-order chi connectivity index (χ0) is 14.1. The largest absolute Gasteiger partial charge is 0.465 e. The molecule has 0 amide bonds. The van der Waals surface area contributed by atoms with Crippen molar-refractivity contribution in [2.45, 2.75) is 18.9 Å². The van der Waals surface area contributed by atoms with E-state index in [1.54, 1.807) is 18.5 Å². The van der Waals surface area contributed by atoms with Crippen LogP contribution in [0.15, 0.2) is 18.5 Å². The van der Waals surface area contributed by atoms with E-state index in [1.807, 2.05) is 0 Å². The number of carbonyl (C=O) groups excluding carboxylic acids is 1. The summed E-state index contributed by atoms with van der Waals surface area (Å²) in [5, 5.41) is 7.45. The van der Waals surface area contributed by atoms with Crippen molar-refractivity contribution in [1.82, 2.24) is 19.7 Å². The molecule has 0 spiro atoms. The summed E-state index contributed by atoms with van der Waals surface area (Å²) >= 11 is 0. The van der Waals surface area contributed by atoms with E-state index in [2.05, 4.69) is 20.4 Å². The maximum Gasteiger partial charge on any atom is 0.345 e. The Morgan fingerprint density at radius 2 is 2.15 bits per heavy atom. The van der Waals surface area contributed by atoms with Gasteiger partial charge in [0.25, 0.3) is 5.95 Å². The molecule has 104 valence electrons. The number of nitrogen functional groups attached to an aromatic ring is 1. The quantitative estimate of drug-likeness (QED) is 0.786. The van der Waals surface area contributed by atoms with Crippen molar-refractivity contribution in [3.8, 4) is 5.95 Å². The van der Waals surface area contributed by atoms with Crippen LogP contribution in [0.2, 0.25) is 0 Å². The summed E-state index contributed by atoms with van der Waals surface area (Å²) in [5.74, 6) is 0.335. The number of ether oxygens (including phenoxy) is 1. The van der Waals surface area contributed by atoms with Crippen LogP contribution in [0.5, 0.6) is 0 Å². The molecule has 0 bridgehead atoms. The summed E-state index contributed by atoms with van der Waals surface area (Å²) in [6.07, 6.45) is 5.26. The van der Waals surface area contributed by atoms with Crippen LogP contribution in [0.25, 0.3) is 5.95 Å². The fraction of sp³-hybridized carbons (Fsp3) is 0.333. The van der Waals surface area contributed by atoms with Gasteiger partial charge < -0.3 is 15.8 Å². The molecule has 3 rings (SSSR count). The average Bonchev–Trinajstić information content (AvgIpc) is 3.22. The molecule has 1 aliphatic carbocycles. The highest BCUT2D eigenvalue weighted by Gasteiger charge is 2.29. The van der Waals surface area contributed by atoms with E-state index >= 15 is 0 Å². The standard InChI is InChI=1S/C12H14N6O2/c1-20-11(19)8-9(13)18(12-14-5-2-6-15-12)17-10(8)16-7-3-4-7/h2,5-7H,3-4,13H2,1H3,(H,16,17). The molecule has 0 atom stereocenters. The Bertz CT molecular complexity index is 635. The Labute approximate surface area is 115 Å². The number of rotatable bonds is 4. The van der Waals surface area contributed by atoms with Crippen molar-refractivity contribution >= 4 is 17.6 Å². The predicted octanol–water partition coefficient (Wildman–Crippen LogP) is 0.605. The summed E-state index contributed by atoms with van der Waals surface area (Å²) in [7, 11) is 1.30. The Hall–Kier alpha value is -2.64. The first-order valence-corrected chi connectivity index (χ1v) is 6.21. The first kappa shape index (κ1) is 12.4. The minimum absolute atomic E-state index is 0.159. The zero-order valence-electron chi connectivity index (χ0n) is 10.9. The molecule has 2 aromatic heterocycles. The first-order chi connectivity index (χ1) is 9.70. The molecule has 3 N–H and O–H groups in total. The maximum atomic E-state index is 11.9. The zero-order valence-corrected chi connectivity index (χ0v) is 10.9. The second-order valence-corrected chi connectivity index (χ2v) is 4.48. The van der Waals surface area contributed by atoms with E-state index in [9.17, 15) is 4.79 Å². The van der Waals surface area contributed by atoms with Gasteiger partial charge in [-0.1, -0.05) is 0 Å². The van der Waals surface area contributed by atoms with Crippen LogP contribution in [-0.4, -0.2) is 38.9 Å². The third kappa shape index (κ3) is 2.15. The predicted molar refractivity (Wildman–Crippen MR) is 71.6 cm³/mol. The van der Waals surface area contributed by atoms with Gasteiger partial charge in [0.2, 0.25) is 0 Å². The molecule has 2 heterocycles. The van der Waals surface area contributed by atoms with Crippen LogP contribution in [0.4, 0.5) is 11.6 Å². The lowest BCUT2D eigenvalue weighted by atomic mass is 10.3. The fourth-order valence-corrected chi connectivity index (χ4v) is 1.81. The number of hydrogen-bond donors (Lipinski definition) is 2. The number of methoxy groups -OCH3 is 1. The van der Waals surface area contributed by atoms with Crippen molar-refractivity contribution < 1.29 is 9.53 Å². The molecule has 0 unspecified atom stereocenters. The minimum atomic E-state index is -0.534. The fourth-order valence-electron chi connectivity index (χ4n) is 1.81. The lowest BCUT2D eigenvalue weighted by Crippen LogP contribution is -2.10. The Morgan fingerprint density at radius 3 is 2.75 bits per heavy atom. The van der Waals surface area contributed by atoms with Gasteiger partial charge >= 0.3 is 5.97 Å². The van der Waals surface area contributed by atoms with E-state index in [0.29, 0.717) is 17.8 Å². The Balaban J connectivity index is 2.07. The van der Waals surface area contributed by atoms with Crippen LogP contribution >= 0.6 is 0 Å². The molecule has 1 fully saturated rings. The number of carbonyl (C=O) groups is 1. The summed E-state index contributed by atoms with van der Waals surface area (Å²) in [5.41, 5.74) is 6.20. The smallest absolute Gasteiger partial charge is 0.345 e. The lowest BCUT2D eigenvalue weighted by Gasteiger charge is -2.02. The van der Waals surface area contributed by atoms with Gasteiger partial charge in [-0.25, -0.2) is 14.8 Å². The molecule has 0 aliphatic heterocycles. The molecule has 0 saturated heterocycles. The van der Waals surface area contributed by atoms with Crippen LogP contribution < -0.4 is 11.1 Å². The second-order valence-electron chi connectivity index (χ2n) is 4.48. The molecule has 20 heavy (non-hydrogen) atoms. The number of nitrogens with two attached hydrogens (primary N) is 1. The Kier molecular flexibility index (Phi) is 2.97. The van der Waals surface area contributed by atoms with Gasteiger partial charge in [-0.3, -0.25) is 0 Å². The third-order valence-electron chi connectivity index (χ3n) is 2.97.